The highest BCUT2D eigenvalue weighted by Gasteiger charge is 2.35. The summed E-state index contributed by atoms with van der Waals surface area (Å²) in [6.07, 6.45) is 0.761. The van der Waals surface area contributed by atoms with Crippen molar-refractivity contribution in [1.29, 1.82) is 5.26 Å². The van der Waals surface area contributed by atoms with Crippen LogP contribution in [0.3, 0.4) is 0 Å². The third kappa shape index (κ3) is 3.56. The standard InChI is InChI=1S/C9H15N3O3/c1-3-9(4-2,6-10)8(14)12-15-5-7(11)13/h3-5H2,1-2H3,(H2,11,13)(H,12,14). The Bertz CT molecular complexity index is 279. The summed E-state index contributed by atoms with van der Waals surface area (Å²) >= 11 is 0. The van der Waals surface area contributed by atoms with Gasteiger partial charge in [-0.25, -0.2) is 5.48 Å². The second kappa shape index (κ2) is 5.98. The molecular weight excluding hydrogens is 198 g/mol. The van der Waals surface area contributed by atoms with Crippen molar-refractivity contribution in [3.8, 4) is 6.07 Å². The van der Waals surface area contributed by atoms with E-state index in [9.17, 15) is 9.59 Å². The van der Waals surface area contributed by atoms with Gasteiger partial charge >= 0.3 is 0 Å². The normalized spacial score (nSPS) is 10.5. The molecule has 0 aliphatic heterocycles. The van der Waals surface area contributed by atoms with Crippen LogP contribution in [0.5, 0.6) is 0 Å². The van der Waals surface area contributed by atoms with Gasteiger partial charge in [0.1, 0.15) is 5.41 Å². The van der Waals surface area contributed by atoms with E-state index < -0.39 is 23.8 Å². The number of hydrogen-bond donors (Lipinski definition) is 2. The number of nitrogens with one attached hydrogen (secondary N) is 1. The number of carbonyl (C=O) groups is 2. The topological polar surface area (TPSA) is 105 Å². The Hall–Kier alpha value is -1.61. The average molecular weight is 213 g/mol. The summed E-state index contributed by atoms with van der Waals surface area (Å²) in [6.45, 7) is 3.07. The van der Waals surface area contributed by atoms with E-state index in [1.54, 1.807) is 13.8 Å². The molecular formula is C9H15N3O3. The maximum absolute atomic E-state index is 11.5. The second-order valence-corrected chi connectivity index (χ2v) is 3.09. The molecule has 0 bridgehead atoms. The number of rotatable bonds is 6. The quantitative estimate of drug-likeness (QED) is 0.598. The molecule has 3 N–H and O–H groups in total. The van der Waals surface area contributed by atoms with Gasteiger partial charge in [-0.05, 0) is 12.8 Å². The molecule has 0 atom stereocenters. The third-order valence-electron chi connectivity index (χ3n) is 2.24. The molecule has 0 heterocycles. The Kier molecular flexibility index (Phi) is 5.34. The van der Waals surface area contributed by atoms with Gasteiger partial charge in [0.2, 0.25) is 5.91 Å². The van der Waals surface area contributed by atoms with Crippen LogP contribution < -0.4 is 11.2 Å². The van der Waals surface area contributed by atoms with Crippen LogP contribution in [0.1, 0.15) is 26.7 Å². The number of primary amides is 1. The lowest BCUT2D eigenvalue weighted by atomic mass is 9.83. The van der Waals surface area contributed by atoms with Gasteiger partial charge in [0.25, 0.3) is 5.91 Å². The molecule has 0 aromatic rings. The smallest absolute Gasteiger partial charge is 0.263 e. The minimum atomic E-state index is -1.10. The molecule has 0 saturated carbocycles. The van der Waals surface area contributed by atoms with Gasteiger partial charge in [-0.3, -0.25) is 14.4 Å². The highest BCUT2D eigenvalue weighted by atomic mass is 16.7. The zero-order valence-electron chi connectivity index (χ0n) is 8.87. The van der Waals surface area contributed by atoms with E-state index in [1.165, 1.54) is 0 Å². The van der Waals surface area contributed by atoms with E-state index in [2.05, 4.69) is 4.84 Å². The van der Waals surface area contributed by atoms with Crippen molar-refractivity contribution < 1.29 is 14.4 Å². The maximum Gasteiger partial charge on any atom is 0.263 e. The van der Waals surface area contributed by atoms with Crippen molar-refractivity contribution in [3.05, 3.63) is 0 Å². The number of nitrogens with zero attached hydrogens (tertiary/aromatic N) is 1. The van der Waals surface area contributed by atoms with Gasteiger partial charge in [-0.15, -0.1) is 0 Å². The first-order valence-electron chi connectivity index (χ1n) is 4.64. The Balaban J connectivity index is 4.29. The van der Waals surface area contributed by atoms with Crippen molar-refractivity contribution in [2.45, 2.75) is 26.7 Å². The number of nitrogens with two attached hydrogens (primary N) is 1. The van der Waals surface area contributed by atoms with Crippen LogP contribution in [-0.4, -0.2) is 18.4 Å². The second-order valence-electron chi connectivity index (χ2n) is 3.09. The fraction of sp³-hybridized carbons (Fsp3) is 0.667. The van der Waals surface area contributed by atoms with Crippen LogP contribution in [0, 0.1) is 16.7 Å². The molecule has 84 valence electrons. The van der Waals surface area contributed by atoms with Gasteiger partial charge < -0.3 is 5.73 Å². The van der Waals surface area contributed by atoms with Gasteiger partial charge in [0.05, 0.1) is 6.07 Å². The molecule has 0 spiro atoms. The molecule has 6 nitrogen and oxygen atoms in total. The molecule has 0 fully saturated rings. The predicted molar refractivity (Wildman–Crippen MR) is 51.9 cm³/mol. The Labute approximate surface area is 88.3 Å². The largest absolute Gasteiger partial charge is 0.368 e. The van der Waals surface area contributed by atoms with Crippen molar-refractivity contribution >= 4 is 11.8 Å². The van der Waals surface area contributed by atoms with E-state index in [0.29, 0.717) is 12.8 Å². The molecule has 0 aromatic carbocycles. The molecule has 0 rings (SSSR count). The van der Waals surface area contributed by atoms with E-state index >= 15 is 0 Å². The number of hydroxylamine groups is 1. The van der Waals surface area contributed by atoms with Crippen molar-refractivity contribution in [2.75, 3.05) is 6.61 Å². The molecule has 0 aromatic heterocycles. The lowest BCUT2D eigenvalue weighted by Crippen LogP contribution is -2.40. The molecule has 0 radical (unpaired) electrons. The molecule has 6 heteroatoms. The van der Waals surface area contributed by atoms with Crippen molar-refractivity contribution in [3.63, 3.8) is 0 Å². The van der Waals surface area contributed by atoms with Gasteiger partial charge in [-0.2, -0.15) is 5.26 Å². The van der Waals surface area contributed by atoms with Gasteiger partial charge in [0.15, 0.2) is 6.61 Å². The Morgan fingerprint density at radius 1 is 1.47 bits per heavy atom. The Morgan fingerprint density at radius 3 is 2.33 bits per heavy atom. The number of amides is 2. The maximum atomic E-state index is 11.5. The first-order chi connectivity index (χ1) is 7.02. The molecule has 0 aliphatic rings. The van der Waals surface area contributed by atoms with Crippen LogP contribution in [-0.2, 0) is 14.4 Å². The van der Waals surface area contributed by atoms with Crippen LogP contribution in [0.2, 0.25) is 0 Å². The first-order valence-corrected chi connectivity index (χ1v) is 4.64. The highest BCUT2D eigenvalue weighted by molar-refractivity contribution is 5.84. The van der Waals surface area contributed by atoms with Crippen LogP contribution in [0.25, 0.3) is 0 Å². The summed E-state index contributed by atoms with van der Waals surface area (Å²) in [5, 5.41) is 8.90. The van der Waals surface area contributed by atoms with Crippen LogP contribution in [0.15, 0.2) is 0 Å². The number of nitriles is 1. The molecule has 0 aliphatic carbocycles. The molecule has 2 amide bonds. The van der Waals surface area contributed by atoms with Crippen LogP contribution >= 0.6 is 0 Å². The summed E-state index contributed by atoms with van der Waals surface area (Å²) in [5.74, 6) is -1.23. The van der Waals surface area contributed by atoms with Crippen molar-refractivity contribution in [1.82, 2.24) is 5.48 Å². The minimum absolute atomic E-state index is 0.381. The summed E-state index contributed by atoms with van der Waals surface area (Å²) in [6, 6.07) is 1.94. The lowest BCUT2D eigenvalue weighted by Gasteiger charge is -2.21. The fourth-order valence-corrected chi connectivity index (χ4v) is 1.05. The Morgan fingerprint density at radius 2 is 2.00 bits per heavy atom. The van der Waals surface area contributed by atoms with Gasteiger partial charge in [0, 0.05) is 0 Å². The van der Waals surface area contributed by atoms with Crippen molar-refractivity contribution in [2.24, 2.45) is 11.1 Å². The molecule has 0 saturated heterocycles. The lowest BCUT2D eigenvalue weighted by molar-refractivity contribution is -0.144. The summed E-state index contributed by atoms with van der Waals surface area (Å²) in [4.78, 5) is 26.4. The summed E-state index contributed by atoms with van der Waals surface area (Å²) in [5.41, 5.74) is 5.75. The van der Waals surface area contributed by atoms with Crippen LogP contribution in [0.4, 0.5) is 0 Å². The summed E-state index contributed by atoms with van der Waals surface area (Å²) < 4.78 is 0. The first kappa shape index (κ1) is 13.4. The summed E-state index contributed by atoms with van der Waals surface area (Å²) in [7, 11) is 0. The fourth-order valence-electron chi connectivity index (χ4n) is 1.05. The van der Waals surface area contributed by atoms with E-state index in [0.717, 1.165) is 0 Å². The van der Waals surface area contributed by atoms with Gasteiger partial charge in [-0.1, -0.05) is 13.8 Å². The number of carbonyl (C=O) groups excluding carboxylic acids is 2. The monoisotopic (exact) mass is 213 g/mol. The van der Waals surface area contributed by atoms with E-state index in [4.69, 9.17) is 11.0 Å². The minimum Gasteiger partial charge on any atom is -0.368 e. The SMILES string of the molecule is CCC(C#N)(CC)C(=O)NOCC(N)=O. The number of hydrogen-bond acceptors (Lipinski definition) is 4. The van der Waals surface area contributed by atoms with E-state index in [1.807, 2.05) is 11.5 Å². The zero-order chi connectivity index (χ0) is 11.9. The molecule has 0 unspecified atom stereocenters. The highest BCUT2D eigenvalue weighted by Crippen LogP contribution is 2.25. The third-order valence-corrected chi connectivity index (χ3v) is 2.24. The molecule has 15 heavy (non-hydrogen) atoms. The predicted octanol–water partition coefficient (Wildman–Crippen LogP) is -0.151. The zero-order valence-corrected chi connectivity index (χ0v) is 8.87. The van der Waals surface area contributed by atoms with E-state index in [-0.39, 0.29) is 0 Å². The average Bonchev–Trinajstić information content (AvgIpc) is 2.21.